The molecule has 1 aromatic carbocycles. The first kappa shape index (κ1) is 13.6. The first-order valence-electron chi connectivity index (χ1n) is 6.42. The maximum Gasteiger partial charge on any atom is 0.157 e. The van der Waals surface area contributed by atoms with Crippen molar-refractivity contribution >= 4 is 17.4 Å². The number of rotatable bonds is 1. The zero-order chi connectivity index (χ0) is 13.4. The molecule has 0 heterocycles. The van der Waals surface area contributed by atoms with Gasteiger partial charge in [0.15, 0.2) is 5.78 Å². The molecule has 0 spiro atoms. The summed E-state index contributed by atoms with van der Waals surface area (Å²) in [6.45, 7) is 4.26. The smallest absolute Gasteiger partial charge is 0.157 e. The molecule has 2 rings (SSSR count). The topological polar surface area (TPSA) is 43.1 Å². The normalized spacial score (nSPS) is 27.9. The lowest BCUT2D eigenvalue weighted by Crippen LogP contribution is -2.45. The Bertz CT molecular complexity index is 469. The van der Waals surface area contributed by atoms with E-state index in [0.29, 0.717) is 17.9 Å². The highest BCUT2D eigenvalue weighted by Crippen LogP contribution is 2.40. The van der Waals surface area contributed by atoms with Gasteiger partial charge >= 0.3 is 0 Å². The van der Waals surface area contributed by atoms with E-state index < -0.39 is 5.54 Å². The van der Waals surface area contributed by atoms with Crippen molar-refractivity contribution in [3.63, 3.8) is 0 Å². The minimum Gasteiger partial charge on any atom is -0.315 e. The predicted molar refractivity (Wildman–Crippen MR) is 74.6 cm³/mol. The van der Waals surface area contributed by atoms with Crippen LogP contribution in [-0.4, -0.2) is 5.78 Å². The molecule has 0 aromatic heterocycles. The Balaban J connectivity index is 2.42. The van der Waals surface area contributed by atoms with Gasteiger partial charge in [0.2, 0.25) is 0 Å². The van der Waals surface area contributed by atoms with Crippen LogP contribution < -0.4 is 5.73 Å². The second-order valence-electron chi connectivity index (χ2n) is 6.07. The van der Waals surface area contributed by atoms with Gasteiger partial charge in [-0.05, 0) is 29.9 Å². The highest BCUT2D eigenvalue weighted by atomic mass is 35.5. The maximum atomic E-state index is 12.5. The van der Waals surface area contributed by atoms with Crippen molar-refractivity contribution in [1.29, 1.82) is 0 Å². The van der Waals surface area contributed by atoms with E-state index in [4.69, 9.17) is 17.3 Å². The molecule has 2 N–H and O–H groups in total. The summed E-state index contributed by atoms with van der Waals surface area (Å²) in [7, 11) is 0. The fraction of sp³-hybridized carbons (Fsp3) is 0.533. The fourth-order valence-electron chi connectivity index (χ4n) is 2.77. The van der Waals surface area contributed by atoms with Crippen molar-refractivity contribution < 1.29 is 4.79 Å². The number of benzene rings is 1. The van der Waals surface area contributed by atoms with Crippen molar-refractivity contribution in [3.8, 4) is 0 Å². The van der Waals surface area contributed by atoms with Gasteiger partial charge in [0.05, 0.1) is 0 Å². The molecule has 0 aliphatic heterocycles. The summed E-state index contributed by atoms with van der Waals surface area (Å²) in [5, 5.41) is 0.591. The lowest BCUT2D eigenvalue weighted by atomic mass is 9.80. The monoisotopic (exact) mass is 265 g/mol. The Kier molecular flexibility index (Phi) is 3.52. The van der Waals surface area contributed by atoms with Gasteiger partial charge < -0.3 is 5.73 Å². The molecule has 1 atom stereocenters. The fourth-order valence-corrected chi connectivity index (χ4v) is 3.08. The standard InChI is InChI=1S/C15H20ClNO/c1-14(2)8-5-9-15(17,13(18)10-14)11-6-3-4-7-12(11)16/h3-4,6-7H,5,8-10,17H2,1-2H3. The highest BCUT2D eigenvalue weighted by Gasteiger charge is 2.41. The number of carbonyl (C=O) groups excluding carboxylic acids is 1. The molecule has 0 bridgehead atoms. The van der Waals surface area contributed by atoms with E-state index in [0.717, 1.165) is 18.4 Å². The summed E-state index contributed by atoms with van der Waals surface area (Å²) in [6.07, 6.45) is 3.19. The third-order valence-electron chi connectivity index (χ3n) is 3.92. The molecule has 1 unspecified atom stereocenters. The lowest BCUT2D eigenvalue weighted by Gasteiger charge is -2.29. The van der Waals surface area contributed by atoms with Gasteiger partial charge in [0.1, 0.15) is 5.54 Å². The second-order valence-corrected chi connectivity index (χ2v) is 6.48. The van der Waals surface area contributed by atoms with Crippen molar-refractivity contribution in [2.24, 2.45) is 11.1 Å². The van der Waals surface area contributed by atoms with Crippen molar-refractivity contribution in [2.45, 2.75) is 45.1 Å². The Labute approximate surface area is 114 Å². The number of hydrogen-bond donors (Lipinski definition) is 1. The Morgan fingerprint density at radius 3 is 2.56 bits per heavy atom. The lowest BCUT2D eigenvalue weighted by molar-refractivity contribution is -0.125. The van der Waals surface area contributed by atoms with Crippen LogP contribution in [0, 0.1) is 5.41 Å². The third kappa shape index (κ3) is 2.45. The predicted octanol–water partition coefficient (Wildman–Crippen LogP) is 3.66. The van der Waals surface area contributed by atoms with E-state index >= 15 is 0 Å². The number of nitrogens with two attached hydrogens (primary N) is 1. The SMILES string of the molecule is CC1(C)CCCC(N)(c2ccccc2Cl)C(=O)C1. The second kappa shape index (κ2) is 4.67. The van der Waals surface area contributed by atoms with Gasteiger partial charge in [-0.3, -0.25) is 4.79 Å². The molecule has 1 fully saturated rings. The molecule has 1 aliphatic carbocycles. The summed E-state index contributed by atoms with van der Waals surface area (Å²) in [5.41, 5.74) is 6.31. The van der Waals surface area contributed by atoms with Crippen LogP contribution in [0.25, 0.3) is 0 Å². The molecular formula is C15H20ClNO. The van der Waals surface area contributed by atoms with Crippen LogP contribution in [0.4, 0.5) is 0 Å². The molecule has 1 saturated carbocycles. The Morgan fingerprint density at radius 1 is 1.22 bits per heavy atom. The summed E-state index contributed by atoms with van der Waals surface area (Å²) >= 11 is 6.20. The van der Waals surface area contributed by atoms with E-state index in [9.17, 15) is 4.79 Å². The Hall–Kier alpha value is -0.860. The number of hydrogen-bond acceptors (Lipinski definition) is 2. The summed E-state index contributed by atoms with van der Waals surface area (Å²) in [5.74, 6) is 0.109. The molecule has 0 amide bonds. The molecule has 0 radical (unpaired) electrons. The van der Waals surface area contributed by atoms with Crippen molar-refractivity contribution in [2.75, 3.05) is 0 Å². The van der Waals surface area contributed by atoms with Gasteiger partial charge in [0.25, 0.3) is 0 Å². The molecule has 1 aliphatic rings. The van der Waals surface area contributed by atoms with Gasteiger partial charge in [-0.15, -0.1) is 0 Å². The largest absolute Gasteiger partial charge is 0.315 e. The molecule has 1 aromatic rings. The highest BCUT2D eigenvalue weighted by molar-refractivity contribution is 6.31. The summed E-state index contributed by atoms with van der Waals surface area (Å²) < 4.78 is 0. The Morgan fingerprint density at radius 2 is 1.89 bits per heavy atom. The van der Waals surface area contributed by atoms with Crippen LogP contribution in [0.2, 0.25) is 5.02 Å². The summed E-state index contributed by atoms with van der Waals surface area (Å²) in [6, 6.07) is 7.42. The van der Waals surface area contributed by atoms with Crippen molar-refractivity contribution in [3.05, 3.63) is 34.9 Å². The van der Waals surface area contributed by atoms with E-state index in [2.05, 4.69) is 13.8 Å². The van der Waals surface area contributed by atoms with E-state index in [-0.39, 0.29) is 11.2 Å². The first-order chi connectivity index (χ1) is 8.35. The van der Waals surface area contributed by atoms with Crippen molar-refractivity contribution in [1.82, 2.24) is 0 Å². The van der Waals surface area contributed by atoms with Gasteiger partial charge in [-0.25, -0.2) is 0 Å². The minimum atomic E-state index is -0.911. The quantitative estimate of drug-likeness (QED) is 0.788. The van der Waals surface area contributed by atoms with Gasteiger partial charge in [0, 0.05) is 11.4 Å². The van der Waals surface area contributed by atoms with E-state index in [1.54, 1.807) is 6.07 Å². The molecule has 98 valence electrons. The van der Waals surface area contributed by atoms with E-state index in [1.807, 2.05) is 18.2 Å². The molecule has 3 heteroatoms. The van der Waals surface area contributed by atoms with Crippen LogP contribution in [-0.2, 0) is 10.3 Å². The number of ketones is 1. The van der Waals surface area contributed by atoms with Crippen LogP contribution in [0.1, 0.15) is 45.1 Å². The van der Waals surface area contributed by atoms with Crippen LogP contribution in [0.3, 0.4) is 0 Å². The zero-order valence-electron chi connectivity index (χ0n) is 11.0. The van der Waals surface area contributed by atoms with Crippen LogP contribution >= 0.6 is 11.6 Å². The minimum absolute atomic E-state index is 0.0411. The zero-order valence-corrected chi connectivity index (χ0v) is 11.8. The van der Waals surface area contributed by atoms with Crippen LogP contribution in [0.5, 0.6) is 0 Å². The van der Waals surface area contributed by atoms with Crippen LogP contribution in [0.15, 0.2) is 24.3 Å². The molecule has 0 saturated heterocycles. The average molecular weight is 266 g/mol. The maximum absolute atomic E-state index is 12.5. The summed E-state index contributed by atoms with van der Waals surface area (Å²) in [4.78, 5) is 12.5. The number of carbonyl (C=O) groups is 1. The molecule has 18 heavy (non-hydrogen) atoms. The van der Waals surface area contributed by atoms with Gasteiger partial charge in [-0.1, -0.05) is 50.1 Å². The number of halogens is 1. The molecular weight excluding hydrogens is 246 g/mol. The number of Topliss-reactive ketones (excluding diaryl/α,β-unsaturated/α-hetero) is 1. The van der Waals surface area contributed by atoms with E-state index in [1.165, 1.54) is 0 Å². The molecule has 2 nitrogen and oxygen atoms in total. The third-order valence-corrected chi connectivity index (χ3v) is 4.25. The first-order valence-corrected chi connectivity index (χ1v) is 6.80. The van der Waals surface area contributed by atoms with Gasteiger partial charge in [-0.2, -0.15) is 0 Å². The average Bonchev–Trinajstić information content (AvgIpc) is 2.37.